The van der Waals surface area contributed by atoms with Gasteiger partial charge in [0.15, 0.2) is 0 Å². The average molecular weight is 353 g/mol. The lowest BCUT2D eigenvalue weighted by atomic mass is 10.2. The Morgan fingerprint density at radius 2 is 2.10 bits per heavy atom. The smallest absolute Gasteiger partial charge is 0.221 e. The second-order valence-electron chi connectivity index (χ2n) is 3.76. The van der Waals surface area contributed by atoms with Crippen LogP contribution in [0.15, 0.2) is 47.1 Å². The SMILES string of the molecule is CNc1cccc(Br)c1COc1ccccn1.NNC=O. The van der Waals surface area contributed by atoms with Gasteiger partial charge in [-0.2, -0.15) is 0 Å². The lowest BCUT2D eigenvalue weighted by Crippen LogP contribution is -2.18. The molecule has 0 unspecified atom stereocenters. The zero-order valence-electron chi connectivity index (χ0n) is 11.5. The lowest BCUT2D eigenvalue weighted by molar-refractivity contribution is -0.109. The van der Waals surface area contributed by atoms with E-state index in [1.807, 2.05) is 43.4 Å². The highest BCUT2D eigenvalue weighted by molar-refractivity contribution is 9.10. The van der Waals surface area contributed by atoms with Crippen molar-refractivity contribution >= 4 is 28.0 Å². The summed E-state index contributed by atoms with van der Waals surface area (Å²) in [7, 11) is 1.89. The summed E-state index contributed by atoms with van der Waals surface area (Å²) in [6.07, 6.45) is 2.12. The first kappa shape index (κ1) is 16.9. The second-order valence-corrected chi connectivity index (χ2v) is 4.61. The molecule has 1 amide bonds. The Balaban J connectivity index is 0.000000491. The standard InChI is InChI=1S/C13H13BrN2O.CH4N2O/c1-15-12-6-4-5-11(14)10(12)9-17-13-7-2-3-8-16-13;2-3-1-4/h2-8,15H,9H2,1H3;1H,2H2,(H,3,4). The Morgan fingerprint density at radius 1 is 1.33 bits per heavy atom. The van der Waals surface area contributed by atoms with Crippen LogP contribution in [0, 0.1) is 0 Å². The summed E-state index contributed by atoms with van der Waals surface area (Å²) in [6, 6.07) is 11.6. The number of halogens is 1. The minimum absolute atomic E-state index is 0.403. The van der Waals surface area contributed by atoms with E-state index in [2.05, 4.69) is 32.1 Å². The van der Waals surface area contributed by atoms with Crippen LogP contribution in [0.3, 0.4) is 0 Å². The third-order valence-electron chi connectivity index (χ3n) is 2.46. The van der Waals surface area contributed by atoms with E-state index in [1.54, 1.807) is 11.6 Å². The highest BCUT2D eigenvalue weighted by Crippen LogP contribution is 2.25. The molecule has 0 aliphatic heterocycles. The number of nitrogens with one attached hydrogen (secondary N) is 2. The number of rotatable bonds is 5. The third-order valence-corrected chi connectivity index (χ3v) is 3.20. The van der Waals surface area contributed by atoms with E-state index in [-0.39, 0.29) is 0 Å². The van der Waals surface area contributed by atoms with Crippen molar-refractivity contribution in [3.8, 4) is 5.88 Å². The molecule has 2 aromatic rings. The average Bonchev–Trinajstić information content (AvgIpc) is 2.54. The number of anilines is 1. The molecule has 0 spiro atoms. The Kier molecular flexibility index (Phi) is 7.85. The number of ether oxygens (including phenoxy) is 1. The number of benzene rings is 1. The van der Waals surface area contributed by atoms with Crippen LogP contribution in [0.5, 0.6) is 5.88 Å². The molecule has 0 aliphatic rings. The number of carbonyl (C=O) groups excluding carboxylic acids is 1. The van der Waals surface area contributed by atoms with E-state index in [9.17, 15) is 0 Å². The molecule has 4 N–H and O–H groups in total. The normalized spacial score (nSPS) is 9.10. The van der Waals surface area contributed by atoms with Crippen LogP contribution in [0.2, 0.25) is 0 Å². The fraction of sp³-hybridized carbons (Fsp3) is 0.143. The molecule has 1 heterocycles. The molecular formula is C14H17BrN4O2. The van der Waals surface area contributed by atoms with Crippen LogP contribution >= 0.6 is 15.9 Å². The van der Waals surface area contributed by atoms with E-state index in [0.717, 1.165) is 15.7 Å². The Labute approximate surface area is 131 Å². The molecule has 112 valence electrons. The summed E-state index contributed by atoms with van der Waals surface area (Å²) >= 11 is 3.52. The molecular weight excluding hydrogens is 336 g/mol. The zero-order chi connectivity index (χ0) is 15.5. The Bertz CT molecular complexity index is 552. The topological polar surface area (TPSA) is 89.3 Å². The fourth-order valence-corrected chi connectivity index (χ4v) is 2.00. The number of hydrazine groups is 1. The number of carbonyl (C=O) groups is 1. The van der Waals surface area contributed by atoms with E-state index < -0.39 is 0 Å². The first-order valence-corrected chi connectivity index (χ1v) is 6.91. The number of hydrogen-bond acceptors (Lipinski definition) is 5. The van der Waals surface area contributed by atoms with E-state index in [4.69, 9.17) is 9.53 Å². The van der Waals surface area contributed by atoms with Crippen LogP contribution in [-0.2, 0) is 11.4 Å². The molecule has 0 saturated carbocycles. The Morgan fingerprint density at radius 3 is 2.67 bits per heavy atom. The summed E-state index contributed by atoms with van der Waals surface area (Å²) < 4.78 is 6.66. The van der Waals surface area contributed by atoms with Gasteiger partial charge in [0.05, 0.1) is 0 Å². The van der Waals surface area contributed by atoms with Gasteiger partial charge in [-0.1, -0.05) is 28.1 Å². The summed E-state index contributed by atoms with van der Waals surface area (Å²) in [5.41, 5.74) is 3.89. The van der Waals surface area contributed by atoms with Gasteiger partial charge < -0.3 is 10.1 Å². The molecule has 0 fully saturated rings. The zero-order valence-corrected chi connectivity index (χ0v) is 13.1. The minimum atomic E-state index is 0.403. The molecule has 0 saturated heterocycles. The first-order valence-electron chi connectivity index (χ1n) is 6.11. The van der Waals surface area contributed by atoms with Crippen molar-refractivity contribution < 1.29 is 9.53 Å². The van der Waals surface area contributed by atoms with Crippen LogP contribution in [0.4, 0.5) is 5.69 Å². The number of nitrogens with two attached hydrogens (primary N) is 1. The van der Waals surface area contributed by atoms with Gasteiger partial charge in [-0.3, -0.25) is 10.2 Å². The highest BCUT2D eigenvalue weighted by Gasteiger charge is 2.06. The van der Waals surface area contributed by atoms with Crippen molar-refractivity contribution in [1.29, 1.82) is 0 Å². The third kappa shape index (κ3) is 5.80. The number of aromatic nitrogens is 1. The number of pyridine rings is 1. The summed E-state index contributed by atoms with van der Waals surface area (Å²) in [5.74, 6) is 5.04. The first-order chi connectivity index (χ1) is 10.2. The van der Waals surface area contributed by atoms with E-state index in [1.165, 1.54) is 0 Å². The van der Waals surface area contributed by atoms with Gasteiger partial charge in [0.1, 0.15) is 6.61 Å². The molecule has 21 heavy (non-hydrogen) atoms. The lowest BCUT2D eigenvalue weighted by Gasteiger charge is -2.11. The Hall–Kier alpha value is -2.12. The largest absolute Gasteiger partial charge is 0.473 e. The van der Waals surface area contributed by atoms with Crippen molar-refractivity contribution in [3.63, 3.8) is 0 Å². The number of hydrogen-bond donors (Lipinski definition) is 3. The molecule has 2 rings (SSSR count). The number of amides is 1. The maximum Gasteiger partial charge on any atom is 0.221 e. The molecule has 0 radical (unpaired) electrons. The van der Waals surface area contributed by atoms with Gasteiger partial charge >= 0.3 is 0 Å². The summed E-state index contributed by atoms with van der Waals surface area (Å²) in [4.78, 5) is 13.1. The molecule has 6 nitrogen and oxygen atoms in total. The molecule has 0 atom stereocenters. The maximum absolute atomic E-state index is 8.94. The van der Waals surface area contributed by atoms with Crippen molar-refractivity contribution in [2.75, 3.05) is 12.4 Å². The van der Waals surface area contributed by atoms with Crippen LogP contribution in [0.1, 0.15) is 5.56 Å². The monoisotopic (exact) mass is 352 g/mol. The minimum Gasteiger partial charge on any atom is -0.473 e. The van der Waals surface area contributed by atoms with Crippen molar-refractivity contribution in [2.24, 2.45) is 5.84 Å². The maximum atomic E-state index is 8.94. The van der Waals surface area contributed by atoms with Crippen LogP contribution in [0.25, 0.3) is 0 Å². The van der Waals surface area contributed by atoms with Gasteiger partial charge in [0, 0.05) is 35.0 Å². The summed E-state index contributed by atoms with van der Waals surface area (Å²) in [5, 5.41) is 3.14. The van der Waals surface area contributed by atoms with Crippen LogP contribution < -0.4 is 21.3 Å². The predicted octanol–water partition coefficient (Wildman–Crippen LogP) is 2.07. The summed E-state index contributed by atoms with van der Waals surface area (Å²) in [6.45, 7) is 0.481. The van der Waals surface area contributed by atoms with E-state index >= 15 is 0 Å². The quantitative estimate of drug-likeness (QED) is 0.331. The van der Waals surface area contributed by atoms with Crippen LogP contribution in [-0.4, -0.2) is 18.4 Å². The molecule has 7 heteroatoms. The van der Waals surface area contributed by atoms with Gasteiger partial charge in [0.25, 0.3) is 0 Å². The fourth-order valence-electron chi connectivity index (χ4n) is 1.52. The van der Waals surface area contributed by atoms with Crippen molar-refractivity contribution in [1.82, 2.24) is 10.4 Å². The predicted molar refractivity (Wildman–Crippen MR) is 85.6 cm³/mol. The van der Waals surface area contributed by atoms with Crippen molar-refractivity contribution in [2.45, 2.75) is 6.61 Å². The van der Waals surface area contributed by atoms with Gasteiger partial charge in [-0.05, 0) is 18.2 Å². The van der Waals surface area contributed by atoms with Crippen molar-refractivity contribution in [3.05, 3.63) is 52.6 Å². The van der Waals surface area contributed by atoms with Gasteiger partial charge in [-0.25, -0.2) is 10.8 Å². The van der Waals surface area contributed by atoms with Gasteiger partial charge in [-0.15, -0.1) is 0 Å². The van der Waals surface area contributed by atoms with E-state index in [0.29, 0.717) is 18.9 Å². The molecule has 1 aromatic carbocycles. The molecule has 0 aliphatic carbocycles. The number of nitrogens with zero attached hydrogens (tertiary/aromatic N) is 1. The highest BCUT2D eigenvalue weighted by atomic mass is 79.9. The molecule has 1 aromatic heterocycles. The van der Waals surface area contributed by atoms with Gasteiger partial charge in [0.2, 0.25) is 12.3 Å². The molecule has 0 bridgehead atoms. The second kappa shape index (κ2) is 9.73.